The van der Waals surface area contributed by atoms with Crippen molar-refractivity contribution in [1.82, 2.24) is 19.7 Å². The van der Waals surface area contributed by atoms with E-state index in [0.717, 1.165) is 10.1 Å². The molecule has 0 aliphatic heterocycles. The van der Waals surface area contributed by atoms with Gasteiger partial charge < -0.3 is 20.0 Å². The zero-order chi connectivity index (χ0) is 18.5. The van der Waals surface area contributed by atoms with Gasteiger partial charge in [0.15, 0.2) is 4.34 Å². The summed E-state index contributed by atoms with van der Waals surface area (Å²) in [7, 11) is 0. The van der Waals surface area contributed by atoms with Crippen LogP contribution in [0, 0.1) is 17.0 Å². The summed E-state index contributed by atoms with van der Waals surface area (Å²) >= 11 is 4.58. The number of anilines is 1. The summed E-state index contributed by atoms with van der Waals surface area (Å²) in [6, 6.07) is 4.06. The van der Waals surface area contributed by atoms with Gasteiger partial charge in [0.1, 0.15) is 6.20 Å². The standard InChI is InChI=1S/C14H14N6O3S3/c1-9-15-11(20(22)23)7-19(9)5-4-12(21)16-13-17-18-14(26-13)25-8-10-3-2-6-24-10/h2-3,6-7H,4-5,8H2,1H3,(H,16,17,21). The molecular weight excluding hydrogens is 396 g/mol. The zero-order valence-electron chi connectivity index (χ0n) is 13.6. The van der Waals surface area contributed by atoms with Crippen molar-refractivity contribution in [2.24, 2.45) is 0 Å². The highest BCUT2D eigenvalue weighted by Crippen LogP contribution is 2.29. The molecule has 0 radical (unpaired) electrons. The summed E-state index contributed by atoms with van der Waals surface area (Å²) in [5.41, 5.74) is 0. The van der Waals surface area contributed by atoms with Crippen LogP contribution in [0.1, 0.15) is 17.1 Å². The third-order valence-electron chi connectivity index (χ3n) is 3.30. The highest BCUT2D eigenvalue weighted by atomic mass is 32.2. The Morgan fingerprint density at radius 1 is 1.46 bits per heavy atom. The predicted octanol–water partition coefficient (Wildman–Crippen LogP) is 3.33. The Hall–Kier alpha value is -2.31. The second-order valence-electron chi connectivity index (χ2n) is 5.14. The molecule has 0 fully saturated rings. The molecule has 0 atom stereocenters. The van der Waals surface area contributed by atoms with Crippen molar-refractivity contribution >= 4 is 51.3 Å². The Morgan fingerprint density at radius 3 is 3.00 bits per heavy atom. The van der Waals surface area contributed by atoms with Crippen LogP contribution in [-0.2, 0) is 17.1 Å². The van der Waals surface area contributed by atoms with Crippen molar-refractivity contribution < 1.29 is 9.72 Å². The van der Waals surface area contributed by atoms with Gasteiger partial charge in [-0.1, -0.05) is 29.2 Å². The summed E-state index contributed by atoms with van der Waals surface area (Å²) in [5, 5.41) is 23.9. The number of aryl methyl sites for hydroxylation is 2. The number of thiophene rings is 1. The molecule has 12 heteroatoms. The highest BCUT2D eigenvalue weighted by molar-refractivity contribution is 8.00. The molecule has 136 valence electrons. The molecule has 3 heterocycles. The van der Waals surface area contributed by atoms with Crippen LogP contribution < -0.4 is 5.32 Å². The van der Waals surface area contributed by atoms with Gasteiger partial charge in [0.2, 0.25) is 16.9 Å². The van der Waals surface area contributed by atoms with Crippen LogP contribution in [0.4, 0.5) is 10.9 Å². The molecule has 1 N–H and O–H groups in total. The molecule has 9 nitrogen and oxygen atoms in total. The molecule has 0 aromatic carbocycles. The van der Waals surface area contributed by atoms with Crippen molar-refractivity contribution in [3.8, 4) is 0 Å². The number of nitrogens with one attached hydrogen (secondary N) is 1. The van der Waals surface area contributed by atoms with Crippen LogP contribution in [0.15, 0.2) is 28.0 Å². The normalized spacial score (nSPS) is 10.8. The third kappa shape index (κ3) is 4.86. The largest absolute Gasteiger partial charge is 0.381 e. The molecular formula is C14H14N6O3S3. The molecule has 3 aromatic rings. The number of carbonyl (C=O) groups excluding carboxylic acids is 1. The van der Waals surface area contributed by atoms with Gasteiger partial charge in [-0.25, -0.2) is 0 Å². The van der Waals surface area contributed by atoms with E-state index in [4.69, 9.17) is 0 Å². The van der Waals surface area contributed by atoms with Crippen LogP contribution in [0.3, 0.4) is 0 Å². The summed E-state index contributed by atoms with van der Waals surface area (Å²) in [6.07, 6.45) is 1.48. The van der Waals surface area contributed by atoms with Gasteiger partial charge in [0, 0.05) is 30.5 Å². The zero-order valence-corrected chi connectivity index (χ0v) is 16.1. The lowest BCUT2D eigenvalue weighted by molar-refractivity contribution is -0.389. The van der Waals surface area contributed by atoms with E-state index in [9.17, 15) is 14.9 Å². The average molecular weight is 411 g/mol. The van der Waals surface area contributed by atoms with Gasteiger partial charge in [-0.05, 0) is 21.4 Å². The van der Waals surface area contributed by atoms with E-state index in [2.05, 4.69) is 26.6 Å². The number of rotatable bonds is 8. The summed E-state index contributed by atoms with van der Waals surface area (Å²) in [5.74, 6) is 0.859. The lowest BCUT2D eigenvalue weighted by Crippen LogP contribution is -2.14. The van der Waals surface area contributed by atoms with Crippen molar-refractivity contribution in [3.05, 3.63) is 44.5 Å². The van der Waals surface area contributed by atoms with E-state index in [0.29, 0.717) is 17.5 Å². The van der Waals surface area contributed by atoms with E-state index in [1.54, 1.807) is 34.6 Å². The first kappa shape index (κ1) is 18.5. The molecule has 0 saturated carbocycles. The number of nitro groups is 1. The SMILES string of the molecule is Cc1nc([N+](=O)[O-])cn1CCC(=O)Nc1nnc(SCc2cccs2)s1. The Bertz CT molecular complexity index is 905. The van der Waals surface area contributed by atoms with Gasteiger partial charge in [-0.2, -0.15) is 0 Å². The lowest BCUT2D eigenvalue weighted by Gasteiger charge is -2.02. The topological polar surface area (TPSA) is 116 Å². The minimum absolute atomic E-state index is 0.158. The fourth-order valence-corrected chi connectivity index (χ4v) is 4.60. The molecule has 0 unspecified atom stereocenters. The molecule has 0 saturated heterocycles. The van der Waals surface area contributed by atoms with Gasteiger partial charge in [0.05, 0.1) is 0 Å². The number of imidazole rings is 1. The second-order valence-corrected chi connectivity index (χ2v) is 8.37. The minimum Gasteiger partial charge on any atom is -0.358 e. The summed E-state index contributed by atoms with van der Waals surface area (Å²) < 4.78 is 2.37. The Balaban J connectivity index is 1.48. The number of carbonyl (C=O) groups is 1. The monoisotopic (exact) mass is 410 g/mol. The van der Waals surface area contributed by atoms with E-state index in [-0.39, 0.29) is 18.1 Å². The maximum absolute atomic E-state index is 12.0. The van der Waals surface area contributed by atoms with Crippen molar-refractivity contribution in [3.63, 3.8) is 0 Å². The fourth-order valence-electron chi connectivity index (χ4n) is 2.06. The van der Waals surface area contributed by atoms with E-state index in [1.165, 1.54) is 22.4 Å². The van der Waals surface area contributed by atoms with Crippen molar-refractivity contribution in [2.45, 2.75) is 30.0 Å². The maximum atomic E-state index is 12.0. The van der Waals surface area contributed by atoms with Crippen LogP contribution in [0.2, 0.25) is 0 Å². The Morgan fingerprint density at radius 2 is 2.31 bits per heavy atom. The minimum atomic E-state index is -0.555. The Kier molecular flexibility index (Phi) is 5.96. The van der Waals surface area contributed by atoms with E-state index in [1.807, 2.05) is 11.4 Å². The molecule has 0 bridgehead atoms. The number of amides is 1. The molecule has 1 amide bonds. The maximum Gasteiger partial charge on any atom is 0.381 e. The Labute approximate surface area is 160 Å². The first-order valence-corrected chi connectivity index (χ1v) is 10.2. The van der Waals surface area contributed by atoms with Gasteiger partial charge in [0.25, 0.3) is 0 Å². The molecule has 26 heavy (non-hydrogen) atoms. The van der Waals surface area contributed by atoms with Gasteiger partial charge >= 0.3 is 5.82 Å². The molecule has 3 rings (SSSR count). The predicted molar refractivity (Wildman–Crippen MR) is 101 cm³/mol. The molecule has 0 aliphatic carbocycles. The van der Waals surface area contributed by atoms with Crippen molar-refractivity contribution in [1.29, 1.82) is 0 Å². The first-order chi connectivity index (χ1) is 12.5. The van der Waals surface area contributed by atoms with Crippen LogP contribution in [0.5, 0.6) is 0 Å². The molecule has 3 aromatic heterocycles. The first-order valence-electron chi connectivity index (χ1n) is 7.48. The van der Waals surface area contributed by atoms with Crippen LogP contribution in [-0.4, -0.2) is 30.6 Å². The van der Waals surface area contributed by atoms with Crippen LogP contribution >= 0.6 is 34.4 Å². The fraction of sp³-hybridized carbons (Fsp3) is 0.286. The molecule has 0 spiro atoms. The number of aromatic nitrogens is 4. The van der Waals surface area contributed by atoms with Gasteiger partial charge in [-0.3, -0.25) is 4.79 Å². The van der Waals surface area contributed by atoms with Crippen molar-refractivity contribution in [2.75, 3.05) is 5.32 Å². The summed E-state index contributed by atoms with van der Waals surface area (Å²) in [4.78, 5) is 27.3. The third-order valence-corrected chi connectivity index (χ3v) is 6.38. The van der Waals surface area contributed by atoms with E-state index < -0.39 is 4.92 Å². The van der Waals surface area contributed by atoms with Crippen LogP contribution in [0.25, 0.3) is 0 Å². The molecule has 0 aliphatic rings. The number of nitrogens with zero attached hydrogens (tertiary/aromatic N) is 5. The number of hydrogen-bond donors (Lipinski definition) is 1. The second kappa shape index (κ2) is 8.38. The average Bonchev–Trinajstić information content (AvgIpc) is 3.32. The lowest BCUT2D eigenvalue weighted by atomic mass is 10.4. The smallest absolute Gasteiger partial charge is 0.358 e. The van der Waals surface area contributed by atoms with E-state index >= 15 is 0 Å². The number of hydrogen-bond acceptors (Lipinski definition) is 9. The number of thioether (sulfide) groups is 1. The summed E-state index contributed by atoms with van der Waals surface area (Å²) in [6.45, 7) is 1.96. The highest BCUT2D eigenvalue weighted by Gasteiger charge is 2.16. The van der Waals surface area contributed by atoms with Gasteiger partial charge in [-0.15, -0.1) is 21.5 Å². The quantitative estimate of drug-likeness (QED) is 0.262.